The molecular formula is C98H133B6Br2NO17. The molecular weight excluding hydrogens is 1690 g/mol. The maximum absolute atomic E-state index is 10.1. The third-order valence-corrected chi connectivity index (χ3v) is 25.9. The first-order valence-electron chi connectivity index (χ1n) is 42.3. The summed E-state index contributed by atoms with van der Waals surface area (Å²) in [5, 5.41) is 112. The van der Waals surface area contributed by atoms with Crippen molar-refractivity contribution in [2.24, 2.45) is 0 Å². The minimum atomic E-state index is -1.50. The van der Waals surface area contributed by atoms with E-state index in [4.69, 9.17) is 24.3 Å². The van der Waals surface area contributed by atoms with E-state index in [-0.39, 0.29) is 48.7 Å². The quantitative estimate of drug-likeness (QED) is 0.0377. The molecule has 0 atom stereocenters. The number of methoxy groups -OCH3 is 3. The largest absolute Gasteiger partial charge is 0.497 e. The molecule has 0 spiro atoms. The minimum absolute atomic E-state index is 0.0563. The van der Waals surface area contributed by atoms with E-state index in [2.05, 4.69) is 182 Å². The molecule has 0 bridgehead atoms. The number of benzene rings is 9. The third kappa shape index (κ3) is 27.5. The third-order valence-electron chi connectivity index (χ3n) is 24.9. The molecule has 0 saturated heterocycles. The highest BCUT2D eigenvalue weighted by Crippen LogP contribution is 2.50. The van der Waals surface area contributed by atoms with E-state index in [0.29, 0.717) is 55.4 Å². The highest BCUT2D eigenvalue weighted by atomic mass is 79.9. The van der Waals surface area contributed by atoms with Crippen LogP contribution in [-0.2, 0) is 48.7 Å². The first-order valence-corrected chi connectivity index (χ1v) is 43.9. The number of aldehydes is 2. The van der Waals surface area contributed by atoms with Gasteiger partial charge in [0.1, 0.15) is 29.8 Å². The van der Waals surface area contributed by atoms with E-state index < -0.39 is 42.7 Å². The molecule has 12 N–H and O–H groups in total. The molecule has 0 aromatic heterocycles. The summed E-state index contributed by atoms with van der Waals surface area (Å²) in [5.74, 6) is 2.03. The topological polar surface area (TPSA) is 308 Å². The molecule has 4 aliphatic carbocycles. The highest BCUT2D eigenvalue weighted by Gasteiger charge is 2.43. The van der Waals surface area contributed by atoms with Gasteiger partial charge >= 0.3 is 42.7 Å². The Balaban J connectivity index is 0.000000222. The van der Waals surface area contributed by atoms with Gasteiger partial charge in [-0.15, -0.1) is 0 Å². The molecule has 124 heavy (non-hydrogen) atoms. The molecule has 664 valence electrons. The van der Waals surface area contributed by atoms with Gasteiger partial charge in [-0.2, -0.15) is 0 Å². The molecule has 9 aromatic rings. The fourth-order valence-electron chi connectivity index (χ4n) is 16.3. The van der Waals surface area contributed by atoms with Gasteiger partial charge in [-0.25, -0.2) is 0 Å². The van der Waals surface area contributed by atoms with Crippen molar-refractivity contribution in [3.8, 4) is 28.4 Å². The Morgan fingerprint density at radius 1 is 0.339 bits per heavy atom. The molecule has 0 saturated carbocycles. The van der Waals surface area contributed by atoms with Crippen molar-refractivity contribution in [1.29, 1.82) is 0 Å². The van der Waals surface area contributed by atoms with Crippen LogP contribution in [0.2, 0.25) is 0 Å². The normalized spacial score (nSPS) is 16.0. The second-order valence-corrected chi connectivity index (χ2v) is 41.1. The number of aryl methyl sites for hydroxylation is 1. The van der Waals surface area contributed by atoms with Crippen molar-refractivity contribution < 1.29 is 84.1 Å². The summed E-state index contributed by atoms with van der Waals surface area (Å²) >= 11 is 6.50. The van der Waals surface area contributed by atoms with Gasteiger partial charge in [0.25, 0.3) is 0 Å². The lowest BCUT2D eigenvalue weighted by molar-refractivity contribution is 0.111. The number of hydrogen-bond donors (Lipinski definition) is 12. The Hall–Kier alpha value is -7.61. The summed E-state index contributed by atoms with van der Waals surface area (Å²) in [7, 11) is 0.0611. The number of carbonyl (C=O) groups is 2. The summed E-state index contributed by atoms with van der Waals surface area (Å²) in [6.07, 6.45) is 10.8. The smallest absolute Gasteiger partial charge is 0.492 e. The van der Waals surface area contributed by atoms with E-state index in [0.717, 1.165) is 93.7 Å². The maximum Gasteiger partial charge on any atom is 0.492 e. The molecule has 0 aliphatic heterocycles. The van der Waals surface area contributed by atoms with Crippen molar-refractivity contribution in [2.45, 2.75) is 239 Å². The Morgan fingerprint density at radius 3 is 1.09 bits per heavy atom. The zero-order valence-corrected chi connectivity index (χ0v) is 80.7. The van der Waals surface area contributed by atoms with Gasteiger partial charge in [0.05, 0.1) is 21.3 Å². The average Bonchev–Trinajstić information content (AvgIpc) is 0.754. The number of halogens is 2. The summed E-state index contributed by atoms with van der Waals surface area (Å²) in [6.45, 7) is 44.0. The first kappa shape index (κ1) is 105. The van der Waals surface area contributed by atoms with E-state index in [9.17, 15) is 59.8 Å². The molecule has 9 aromatic carbocycles. The zero-order valence-electron chi connectivity index (χ0n) is 77.6. The average molecular weight is 1820 g/mol. The number of ether oxygens (including phenoxy) is 3. The van der Waals surface area contributed by atoms with Crippen molar-refractivity contribution >= 4 is 126 Å². The summed E-state index contributed by atoms with van der Waals surface area (Å²) in [5.41, 5.74) is 20.4. The summed E-state index contributed by atoms with van der Waals surface area (Å²) in [4.78, 5) is 22.2. The Kier molecular flexibility index (Phi) is 36.9. The monoisotopic (exact) mass is 1820 g/mol. The molecule has 0 fully saturated rings. The molecule has 0 amide bonds. The van der Waals surface area contributed by atoms with Gasteiger partial charge < -0.3 is 79.4 Å². The van der Waals surface area contributed by atoms with Gasteiger partial charge in [-0.3, -0.25) is 9.59 Å². The van der Waals surface area contributed by atoms with Crippen LogP contribution in [0.1, 0.15) is 259 Å². The van der Waals surface area contributed by atoms with Crippen molar-refractivity contribution in [3.63, 3.8) is 0 Å². The predicted molar refractivity (Wildman–Crippen MR) is 521 cm³/mol. The van der Waals surface area contributed by atoms with Crippen LogP contribution in [0.15, 0.2) is 179 Å². The fourth-order valence-corrected chi connectivity index (χ4v) is 17.0. The van der Waals surface area contributed by atoms with Crippen LogP contribution in [0.3, 0.4) is 0 Å². The number of carbonyl (C=O) groups excluding carboxylic acids is 2. The zero-order chi connectivity index (χ0) is 93.5. The predicted octanol–water partition coefficient (Wildman–Crippen LogP) is 13.5. The fraction of sp³-hybridized carbons (Fsp3) is 0.429. The van der Waals surface area contributed by atoms with Crippen LogP contribution in [0, 0.1) is 6.92 Å². The van der Waals surface area contributed by atoms with E-state index in [1.807, 2.05) is 117 Å². The Morgan fingerprint density at radius 2 is 0.702 bits per heavy atom. The Bertz CT molecular complexity index is 5000. The van der Waals surface area contributed by atoms with Gasteiger partial charge in [0.15, 0.2) is 0 Å². The maximum atomic E-state index is 10.1. The van der Waals surface area contributed by atoms with Gasteiger partial charge in [-0.05, 0) is 233 Å². The van der Waals surface area contributed by atoms with Crippen LogP contribution in [0.25, 0.3) is 11.1 Å². The number of rotatable bonds is 13. The van der Waals surface area contributed by atoms with E-state index in [1.165, 1.54) is 57.3 Å². The van der Waals surface area contributed by atoms with Crippen molar-refractivity contribution in [1.82, 2.24) is 0 Å². The molecule has 0 radical (unpaired) electrons. The van der Waals surface area contributed by atoms with E-state index >= 15 is 0 Å². The summed E-state index contributed by atoms with van der Waals surface area (Å²) in [6, 6.07) is 52.4. The first-order chi connectivity index (χ1) is 57.4. The standard InChI is InChI=1S/C16H26BNO2.C15H23BO3.C15H23BO2.C14H21BO2.C13H13BO3.C11H17BO3.2C7H5BrO/c1-15(2)7-8-16(3,4)12-10-14(18(5)6)13(17(19)20)9-11(12)15;1-14(2)6-7-15(3,4)11-9-13(19-5)12(16(17)18)8-10(11)14;1-10-8-11-12(9-13(10)16(17)18)15(4,5)7-6-14(11,2)3;1-13(2)7-8-14(3,4)12-9-10(15(16)17)5-6-11(12)13;1-17-13-8-7-11(14(15)16)9-12(13)10-5-3-2-4-6-10;1-11(2,3)9-7-8(12(13)14)5-6-10(9)15-4;8-7-3-1-6(5-9)2-4-7;8-7-3-1-2-6(4-7)5-9/h9-10,19-20H,7-8H2,1-6H3;8-9,17-18H,6-7H2,1-5H3;8-9,17-18H,6-7H2,1-5H3;5-6,9,16-17H,7-8H2,1-4H3;2-9,15-16H,1H3;5-7,13-14H,1-4H3;2*1-5H. The van der Waals surface area contributed by atoms with Crippen LogP contribution in [0.5, 0.6) is 17.2 Å². The number of nitrogens with zero attached hydrogens (tertiary/aromatic N) is 1. The van der Waals surface area contributed by atoms with E-state index in [1.54, 1.807) is 82.0 Å². The van der Waals surface area contributed by atoms with Gasteiger partial charge in [0, 0.05) is 56.3 Å². The van der Waals surface area contributed by atoms with Crippen LogP contribution < -0.4 is 51.9 Å². The van der Waals surface area contributed by atoms with Crippen LogP contribution in [-0.4, -0.2) is 151 Å². The molecule has 0 unspecified atom stereocenters. The molecule has 4 aliphatic rings. The second kappa shape index (κ2) is 43.5. The van der Waals surface area contributed by atoms with Crippen molar-refractivity contribution in [3.05, 3.63) is 246 Å². The molecule has 26 heteroatoms. The lowest BCUT2D eigenvalue weighted by Gasteiger charge is -2.43. The number of hydrogen-bond acceptors (Lipinski definition) is 18. The van der Waals surface area contributed by atoms with Crippen molar-refractivity contribution in [2.75, 3.05) is 40.3 Å². The minimum Gasteiger partial charge on any atom is -0.497 e. The lowest BCUT2D eigenvalue weighted by Crippen LogP contribution is -2.40. The van der Waals surface area contributed by atoms with Gasteiger partial charge in [-0.1, -0.05) is 290 Å². The molecule has 0 heterocycles. The Labute approximate surface area is 757 Å². The SMILES string of the molecule is CC1(C)CCC(C)(C)c2cc(B(O)O)ccc21.CN(C)c1cc2c(cc1B(O)O)C(C)(C)CCC2(C)C.COc1cc2c(cc1B(O)O)C(C)(C)CCC2(C)C.COc1ccc(B(O)O)cc1-c1ccccc1.COc1ccc(B(O)O)cc1C(C)(C)C.Cc1cc2c(cc1B(O)O)C(C)(C)CCC2(C)C.O=Cc1ccc(Br)cc1.O=Cc1cccc(Br)c1. The number of fused-ring (bicyclic) bond motifs is 4. The molecule has 18 nitrogen and oxygen atoms in total. The number of anilines is 1. The van der Waals surface area contributed by atoms with Crippen LogP contribution >= 0.6 is 31.9 Å². The summed E-state index contributed by atoms with van der Waals surface area (Å²) < 4.78 is 17.8. The second-order valence-electron chi connectivity index (χ2n) is 39.2. The molecule has 13 rings (SSSR count). The lowest BCUT2D eigenvalue weighted by atomic mass is 9.61. The van der Waals surface area contributed by atoms with Gasteiger partial charge in [0.2, 0.25) is 0 Å². The van der Waals surface area contributed by atoms with Crippen LogP contribution in [0.4, 0.5) is 5.69 Å². The highest BCUT2D eigenvalue weighted by molar-refractivity contribution is 9.10.